The second kappa shape index (κ2) is 4.45. The largest absolute Gasteiger partial charge is 0.458 e. The lowest BCUT2D eigenvalue weighted by Gasteiger charge is -2.33. The van der Waals surface area contributed by atoms with E-state index in [4.69, 9.17) is 14.2 Å². The first-order chi connectivity index (χ1) is 10.8. The van der Waals surface area contributed by atoms with E-state index in [1.807, 2.05) is 0 Å². The first kappa shape index (κ1) is 14.9. The first-order valence-electron chi connectivity index (χ1n) is 7.89. The van der Waals surface area contributed by atoms with E-state index in [0.29, 0.717) is 37.0 Å². The number of ether oxygens (including phenoxy) is 3. The number of epoxide rings is 1. The first-order valence-corrected chi connectivity index (χ1v) is 7.89. The van der Waals surface area contributed by atoms with Crippen molar-refractivity contribution in [3.05, 3.63) is 24.3 Å². The van der Waals surface area contributed by atoms with Gasteiger partial charge in [0.25, 0.3) is 0 Å². The lowest BCUT2D eigenvalue weighted by Crippen LogP contribution is -2.42. The standard InChI is InChI=1S/C17H20O6/c1-8-11-5-17(20)9(2)12(22-10(3)18)4-14(17)16(7-21-16)6-13(11)23-15(8)19/h11-14,20H,1-2,4-7H2,3H3/t11-,12+,13+,14+,16-,17-/m1/s1. The minimum Gasteiger partial charge on any atom is -0.458 e. The highest BCUT2D eigenvalue weighted by Crippen LogP contribution is 2.60. The van der Waals surface area contributed by atoms with Crippen LogP contribution in [-0.4, -0.2) is 47.1 Å². The summed E-state index contributed by atoms with van der Waals surface area (Å²) in [4.78, 5) is 23.2. The Bertz CT molecular complexity index is 633. The van der Waals surface area contributed by atoms with Gasteiger partial charge in [-0.3, -0.25) is 4.79 Å². The molecule has 0 amide bonds. The van der Waals surface area contributed by atoms with Gasteiger partial charge in [0.15, 0.2) is 0 Å². The number of hydrogen-bond acceptors (Lipinski definition) is 6. The Hall–Kier alpha value is -1.66. The summed E-state index contributed by atoms with van der Waals surface area (Å²) < 4.78 is 16.5. The molecule has 0 radical (unpaired) electrons. The molecular formula is C17H20O6. The van der Waals surface area contributed by atoms with Crippen molar-refractivity contribution in [2.24, 2.45) is 11.8 Å². The number of fused-ring (bicyclic) bond motifs is 3. The minimum atomic E-state index is -1.24. The molecule has 4 rings (SSSR count). The molecule has 124 valence electrons. The van der Waals surface area contributed by atoms with E-state index in [0.717, 1.165) is 0 Å². The van der Waals surface area contributed by atoms with Crippen LogP contribution in [0.2, 0.25) is 0 Å². The molecule has 2 aliphatic heterocycles. The Morgan fingerprint density at radius 3 is 2.70 bits per heavy atom. The molecule has 0 aromatic rings. The van der Waals surface area contributed by atoms with Gasteiger partial charge in [-0.05, 0) is 18.4 Å². The van der Waals surface area contributed by atoms with Crippen LogP contribution in [0.15, 0.2) is 24.3 Å². The molecule has 2 saturated heterocycles. The Labute approximate surface area is 134 Å². The predicted molar refractivity (Wildman–Crippen MR) is 78.2 cm³/mol. The van der Waals surface area contributed by atoms with Crippen LogP contribution in [-0.2, 0) is 23.8 Å². The van der Waals surface area contributed by atoms with Crippen molar-refractivity contribution < 1.29 is 28.9 Å². The van der Waals surface area contributed by atoms with E-state index in [9.17, 15) is 14.7 Å². The molecule has 1 N–H and O–H groups in total. The maximum atomic E-state index is 11.8. The van der Waals surface area contributed by atoms with Crippen LogP contribution in [0, 0.1) is 11.8 Å². The Morgan fingerprint density at radius 2 is 2.09 bits per heavy atom. The third-order valence-corrected chi connectivity index (χ3v) is 5.92. The van der Waals surface area contributed by atoms with Crippen LogP contribution in [0.4, 0.5) is 0 Å². The molecule has 0 bridgehead atoms. The summed E-state index contributed by atoms with van der Waals surface area (Å²) in [6, 6.07) is 0. The van der Waals surface area contributed by atoms with E-state index in [1.54, 1.807) is 0 Å². The number of carbonyl (C=O) groups is 2. The van der Waals surface area contributed by atoms with Crippen molar-refractivity contribution in [1.29, 1.82) is 0 Å². The molecule has 2 heterocycles. The monoisotopic (exact) mass is 320 g/mol. The average Bonchev–Trinajstić information content (AvgIpc) is 3.16. The van der Waals surface area contributed by atoms with E-state index in [-0.39, 0.29) is 17.9 Å². The van der Waals surface area contributed by atoms with E-state index >= 15 is 0 Å². The van der Waals surface area contributed by atoms with Crippen LogP contribution in [0.1, 0.15) is 26.2 Å². The molecule has 4 fully saturated rings. The maximum Gasteiger partial charge on any atom is 0.334 e. The molecule has 0 aromatic heterocycles. The fraction of sp³-hybridized carbons (Fsp3) is 0.647. The van der Waals surface area contributed by atoms with Gasteiger partial charge in [0, 0.05) is 30.8 Å². The van der Waals surface area contributed by atoms with Crippen LogP contribution in [0.25, 0.3) is 0 Å². The molecule has 6 atom stereocenters. The molecule has 2 saturated carbocycles. The van der Waals surface area contributed by atoms with Gasteiger partial charge in [0.1, 0.15) is 17.8 Å². The van der Waals surface area contributed by atoms with E-state index in [2.05, 4.69) is 13.2 Å². The van der Waals surface area contributed by atoms with Crippen LogP contribution in [0.5, 0.6) is 0 Å². The second-order valence-electron chi connectivity index (χ2n) is 7.17. The summed E-state index contributed by atoms with van der Waals surface area (Å²) >= 11 is 0. The number of rotatable bonds is 1. The molecule has 4 aliphatic rings. The smallest absolute Gasteiger partial charge is 0.334 e. The van der Waals surface area contributed by atoms with Gasteiger partial charge in [0.2, 0.25) is 0 Å². The van der Waals surface area contributed by atoms with Gasteiger partial charge in [-0.25, -0.2) is 4.79 Å². The van der Waals surface area contributed by atoms with E-state index < -0.39 is 29.2 Å². The predicted octanol–water partition coefficient (Wildman–Crippen LogP) is 0.886. The maximum absolute atomic E-state index is 11.8. The average molecular weight is 320 g/mol. The van der Waals surface area contributed by atoms with Crippen molar-refractivity contribution in [3.63, 3.8) is 0 Å². The number of hydrogen-bond donors (Lipinski definition) is 1. The Balaban J connectivity index is 1.71. The zero-order chi connectivity index (χ0) is 16.6. The molecular weight excluding hydrogens is 300 g/mol. The zero-order valence-electron chi connectivity index (χ0n) is 13.0. The van der Waals surface area contributed by atoms with Crippen molar-refractivity contribution in [3.8, 4) is 0 Å². The van der Waals surface area contributed by atoms with Crippen molar-refractivity contribution in [2.75, 3.05) is 6.61 Å². The molecule has 2 aliphatic carbocycles. The van der Waals surface area contributed by atoms with Gasteiger partial charge >= 0.3 is 11.9 Å². The van der Waals surface area contributed by atoms with E-state index in [1.165, 1.54) is 6.92 Å². The third kappa shape index (κ3) is 1.94. The minimum absolute atomic E-state index is 0.219. The molecule has 1 spiro atoms. The normalized spacial score (nSPS) is 47.8. The summed E-state index contributed by atoms with van der Waals surface area (Å²) in [5, 5.41) is 11.4. The van der Waals surface area contributed by atoms with Gasteiger partial charge in [0.05, 0.1) is 12.2 Å². The SMILES string of the molecule is C=C1C(=O)O[C@H]2C[C@@]3(CO3)[C@@H]3C[C@H](OC(C)=O)C(=C)[C@]3(O)C[C@H]12. The van der Waals surface area contributed by atoms with Crippen molar-refractivity contribution >= 4 is 11.9 Å². The van der Waals surface area contributed by atoms with Gasteiger partial charge in [-0.1, -0.05) is 13.2 Å². The van der Waals surface area contributed by atoms with Crippen LogP contribution in [0.3, 0.4) is 0 Å². The van der Waals surface area contributed by atoms with Gasteiger partial charge in [-0.2, -0.15) is 0 Å². The number of aliphatic hydroxyl groups is 1. The summed E-state index contributed by atoms with van der Waals surface area (Å²) in [6.45, 7) is 9.68. The van der Waals surface area contributed by atoms with Gasteiger partial charge < -0.3 is 19.3 Å². The lowest BCUT2D eigenvalue weighted by atomic mass is 9.77. The highest BCUT2D eigenvalue weighted by Gasteiger charge is 2.69. The molecule has 0 unspecified atom stereocenters. The highest BCUT2D eigenvalue weighted by atomic mass is 16.6. The van der Waals surface area contributed by atoms with Crippen LogP contribution >= 0.6 is 0 Å². The highest BCUT2D eigenvalue weighted by molar-refractivity contribution is 5.90. The fourth-order valence-corrected chi connectivity index (χ4v) is 4.64. The molecule has 6 heteroatoms. The van der Waals surface area contributed by atoms with Crippen molar-refractivity contribution in [1.82, 2.24) is 0 Å². The molecule has 23 heavy (non-hydrogen) atoms. The number of esters is 2. The fourth-order valence-electron chi connectivity index (χ4n) is 4.64. The second-order valence-corrected chi connectivity index (χ2v) is 7.17. The third-order valence-electron chi connectivity index (χ3n) is 5.92. The van der Waals surface area contributed by atoms with Crippen LogP contribution < -0.4 is 0 Å². The zero-order valence-corrected chi connectivity index (χ0v) is 13.0. The van der Waals surface area contributed by atoms with Gasteiger partial charge in [-0.15, -0.1) is 0 Å². The Kier molecular flexibility index (Phi) is 2.88. The molecule has 0 aromatic carbocycles. The quantitative estimate of drug-likeness (QED) is 0.334. The molecule has 6 nitrogen and oxygen atoms in total. The summed E-state index contributed by atoms with van der Waals surface area (Å²) in [6.07, 6.45) is 0.484. The lowest BCUT2D eigenvalue weighted by molar-refractivity contribution is -0.145. The summed E-state index contributed by atoms with van der Waals surface area (Å²) in [5.74, 6) is -1.28. The number of carbonyl (C=O) groups excluding carboxylic acids is 2. The van der Waals surface area contributed by atoms with Crippen molar-refractivity contribution in [2.45, 2.75) is 49.6 Å². The topological polar surface area (TPSA) is 85.4 Å². The summed E-state index contributed by atoms with van der Waals surface area (Å²) in [5.41, 5.74) is -0.895. The Morgan fingerprint density at radius 1 is 1.39 bits per heavy atom. The summed E-state index contributed by atoms with van der Waals surface area (Å²) in [7, 11) is 0.